The summed E-state index contributed by atoms with van der Waals surface area (Å²) in [5.41, 5.74) is 0. The minimum atomic E-state index is -1.26. The molecule has 2 heterocycles. The Balaban J connectivity index is 2.00. The van der Waals surface area contributed by atoms with Gasteiger partial charge in [0.25, 0.3) is 0 Å². The molecule has 2 saturated heterocycles. The molecule has 14 heteroatoms. The topological polar surface area (TPSA) is 203 Å². The second-order valence-corrected chi connectivity index (χ2v) is 9.05. The normalized spacial score (nSPS) is 37.0. The third-order valence-electron chi connectivity index (χ3n) is 6.77. The van der Waals surface area contributed by atoms with E-state index in [2.05, 4.69) is 10.4 Å². The Kier molecular flexibility index (Phi) is 12.9. The van der Waals surface area contributed by atoms with Gasteiger partial charge in [-0.2, -0.15) is 4.89 Å². The van der Waals surface area contributed by atoms with Crippen molar-refractivity contribution in [3.05, 3.63) is 0 Å². The fourth-order valence-electron chi connectivity index (χ4n) is 5.04. The Morgan fingerprint density at radius 2 is 1.69 bits per heavy atom. The average Bonchev–Trinajstić information content (AvgIpc) is 2.83. The summed E-state index contributed by atoms with van der Waals surface area (Å²) < 4.78 is 22.2. The average molecular weight is 526 g/mol. The Labute approximate surface area is 209 Å². The number of carbonyl (C=O) groups excluding carboxylic acids is 1. The first-order valence-electron chi connectivity index (χ1n) is 12.0. The highest BCUT2D eigenvalue weighted by Gasteiger charge is 2.48. The van der Waals surface area contributed by atoms with Gasteiger partial charge in [-0.15, -0.1) is 0 Å². The summed E-state index contributed by atoms with van der Waals surface area (Å²) in [6.45, 7) is 2.94. The number of carboxylic acids is 1. The number of amides is 1. The van der Waals surface area contributed by atoms with Gasteiger partial charge in [-0.05, 0) is 19.3 Å². The summed E-state index contributed by atoms with van der Waals surface area (Å²) in [4.78, 5) is 28.3. The molecule has 10 unspecified atom stereocenters. The fraction of sp³-hybridized carbons (Fsp3) is 0.909. The standard InChI is InChI=1S/C22H39NO13/c1-4-12-18(26)19(27)14(34-21(12)22(28)29)6-8-32-7-5-13-17(23-11(2)25)16(10-31-3)33-15(9-24)20(13)35-36-30/h12-21,24,26-27,30H,4-10H2,1-3H3,(H,23,25)(H,28,29). The van der Waals surface area contributed by atoms with E-state index < -0.39 is 73.2 Å². The predicted octanol–water partition coefficient (Wildman–Crippen LogP) is -1.30. The molecule has 0 aromatic heterocycles. The molecule has 0 aromatic carbocycles. The monoisotopic (exact) mass is 525 g/mol. The van der Waals surface area contributed by atoms with E-state index >= 15 is 0 Å². The first-order valence-corrected chi connectivity index (χ1v) is 12.0. The van der Waals surface area contributed by atoms with Crippen molar-refractivity contribution in [2.24, 2.45) is 11.8 Å². The lowest BCUT2D eigenvalue weighted by atomic mass is 9.82. The molecule has 2 rings (SSSR count). The highest BCUT2D eigenvalue weighted by molar-refractivity contribution is 5.73. The molecule has 10 atom stereocenters. The molecule has 0 spiro atoms. The summed E-state index contributed by atoms with van der Waals surface area (Å²) in [6, 6.07) is -0.616. The van der Waals surface area contributed by atoms with Crippen LogP contribution in [0.4, 0.5) is 0 Å². The van der Waals surface area contributed by atoms with Gasteiger partial charge >= 0.3 is 5.97 Å². The lowest BCUT2D eigenvalue weighted by Crippen LogP contribution is -2.62. The van der Waals surface area contributed by atoms with Crippen molar-refractivity contribution in [3.8, 4) is 0 Å². The molecule has 2 aliphatic heterocycles. The number of aliphatic hydroxyl groups excluding tert-OH is 3. The highest BCUT2D eigenvalue weighted by Crippen LogP contribution is 2.32. The van der Waals surface area contributed by atoms with Crippen LogP contribution in [0.2, 0.25) is 0 Å². The van der Waals surface area contributed by atoms with Crippen LogP contribution in [0.25, 0.3) is 0 Å². The molecule has 0 bridgehead atoms. The van der Waals surface area contributed by atoms with Crippen molar-refractivity contribution < 1.29 is 64.1 Å². The Morgan fingerprint density at radius 3 is 2.25 bits per heavy atom. The number of rotatable bonds is 14. The van der Waals surface area contributed by atoms with Gasteiger partial charge in [-0.3, -0.25) is 4.79 Å². The van der Waals surface area contributed by atoms with Crippen LogP contribution >= 0.6 is 0 Å². The maximum Gasteiger partial charge on any atom is 0.333 e. The third kappa shape index (κ3) is 7.77. The van der Waals surface area contributed by atoms with Crippen molar-refractivity contribution in [3.63, 3.8) is 0 Å². The lowest BCUT2D eigenvalue weighted by molar-refractivity contribution is -0.520. The number of ether oxygens (including phenoxy) is 4. The molecule has 14 nitrogen and oxygen atoms in total. The first-order chi connectivity index (χ1) is 17.2. The molecule has 6 N–H and O–H groups in total. The van der Waals surface area contributed by atoms with E-state index in [-0.39, 0.29) is 38.6 Å². The van der Waals surface area contributed by atoms with Crippen molar-refractivity contribution in [2.75, 3.05) is 33.5 Å². The summed E-state index contributed by atoms with van der Waals surface area (Å²) in [7, 11) is 1.47. The molecular formula is C22H39NO13. The molecule has 0 aliphatic carbocycles. The van der Waals surface area contributed by atoms with Crippen LogP contribution in [0.15, 0.2) is 0 Å². The molecule has 0 radical (unpaired) electrons. The minimum absolute atomic E-state index is 0.0819. The van der Waals surface area contributed by atoms with Crippen LogP contribution in [0, 0.1) is 11.8 Å². The summed E-state index contributed by atoms with van der Waals surface area (Å²) >= 11 is 0. The van der Waals surface area contributed by atoms with Gasteiger partial charge in [-0.25, -0.2) is 10.1 Å². The van der Waals surface area contributed by atoms with Gasteiger partial charge in [-0.1, -0.05) is 12.0 Å². The molecular weight excluding hydrogens is 486 g/mol. The maximum atomic E-state index is 11.8. The number of methoxy groups -OCH3 is 1. The number of hydrogen-bond acceptors (Lipinski definition) is 12. The van der Waals surface area contributed by atoms with Crippen molar-refractivity contribution in [2.45, 2.75) is 81.9 Å². The predicted molar refractivity (Wildman–Crippen MR) is 119 cm³/mol. The summed E-state index contributed by atoms with van der Waals surface area (Å²) in [5, 5.41) is 55.4. The van der Waals surface area contributed by atoms with E-state index in [0.717, 1.165) is 0 Å². The number of carboxylic acid groups (broad SMARTS) is 1. The molecule has 0 saturated carbocycles. The molecule has 36 heavy (non-hydrogen) atoms. The van der Waals surface area contributed by atoms with Gasteiger partial charge in [0.1, 0.15) is 24.4 Å². The third-order valence-corrected chi connectivity index (χ3v) is 6.77. The molecule has 2 fully saturated rings. The van der Waals surface area contributed by atoms with Gasteiger partial charge in [0.15, 0.2) is 6.10 Å². The van der Waals surface area contributed by atoms with Gasteiger partial charge in [0.2, 0.25) is 5.91 Å². The zero-order valence-electron chi connectivity index (χ0n) is 20.7. The van der Waals surface area contributed by atoms with Crippen LogP contribution in [0.3, 0.4) is 0 Å². The second kappa shape index (κ2) is 15.1. The lowest BCUT2D eigenvalue weighted by Gasteiger charge is -2.45. The van der Waals surface area contributed by atoms with E-state index in [1.807, 2.05) is 0 Å². The van der Waals surface area contributed by atoms with E-state index in [1.165, 1.54) is 14.0 Å². The Bertz CT molecular complexity index is 682. The highest BCUT2D eigenvalue weighted by atomic mass is 17.5. The second-order valence-electron chi connectivity index (χ2n) is 9.05. The smallest absolute Gasteiger partial charge is 0.333 e. The number of hydrogen-bond donors (Lipinski definition) is 6. The van der Waals surface area contributed by atoms with E-state index in [1.54, 1.807) is 6.92 Å². The Hall–Kier alpha value is -1.46. The largest absolute Gasteiger partial charge is 0.479 e. The van der Waals surface area contributed by atoms with E-state index in [0.29, 0.717) is 6.42 Å². The molecule has 2 aliphatic rings. The summed E-state index contributed by atoms with van der Waals surface area (Å²) in [5.74, 6) is -2.78. The van der Waals surface area contributed by atoms with Crippen LogP contribution in [-0.2, 0) is 38.5 Å². The molecule has 210 valence electrons. The molecule has 1 amide bonds. The minimum Gasteiger partial charge on any atom is -0.479 e. The van der Waals surface area contributed by atoms with E-state index in [4.69, 9.17) is 29.1 Å². The van der Waals surface area contributed by atoms with Crippen molar-refractivity contribution in [1.29, 1.82) is 0 Å². The first kappa shape index (κ1) is 30.8. The van der Waals surface area contributed by atoms with Crippen LogP contribution < -0.4 is 5.32 Å². The van der Waals surface area contributed by atoms with Gasteiger partial charge < -0.3 is 44.7 Å². The number of aliphatic carboxylic acids is 1. The zero-order chi connectivity index (χ0) is 26.8. The Morgan fingerprint density at radius 1 is 1.00 bits per heavy atom. The van der Waals surface area contributed by atoms with Gasteiger partial charge in [0, 0.05) is 39.1 Å². The number of aliphatic hydroxyl groups is 3. The quantitative estimate of drug-likeness (QED) is 0.0888. The number of nitrogens with one attached hydrogen (secondary N) is 1. The van der Waals surface area contributed by atoms with Crippen molar-refractivity contribution >= 4 is 11.9 Å². The van der Waals surface area contributed by atoms with Crippen LogP contribution in [0.5, 0.6) is 0 Å². The van der Waals surface area contributed by atoms with Crippen LogP contribution in [-0.4, -0.2) is 120 Å². The van der Waals surface area contributed by atoms with Gasteiger partial charge in [0.05, 0.1) is 31.5 Å². The van der Waals surface area contributed by atoms with Crippen LogP contribution in [0.1, 0.15) is 33.1 Å². The SMILES string of the molecule is CCC1C(C(=O)O)OC(CCOCCC2C(NC(C)=O)C(COC)OC(CO)C2OOO)C(O)C1O. The van der Waals surface area contributed by atoms with Crippen molar-refractivity contribution in [1.82, 2.24) is 5.32 Å². The van der Waals surface area contributed by atoms with E-state index in [9.17, 15) is 30.0 Å². The zero-order valence-corrected chi connectivity index (χ0v) is 20.7. The number of carbonyl (C=O) groups is 2. The molecule has 0 aromatic rings. The maximum absolute atomic E-state index is 11.8. The fourth-order valence-corrected chi connectivity index (χ4v) is 5.04. The summed E-state index contributed by atoms with van der Waals surface area (Å²) in [6.07, 6.45) is -6.35.